The second kappa shape index (κ2) is 6.67. The first-order chi connectivity index (χ1) is 11.4. The minimum atomic E-state index is -3.84. The molecule has 24 heavy (non-hydrogen) atoms. The smallest absolute Gasteiger partial charge is 0.243 e. The third kappa shape index (κ3) is 3.54. The first-order valence-corrected chi connectivity index (χ1v) is 10.4. The van der Waals surface area contributed by atoms with Gasteiger partial charge >= 0.3 is 0 Å². The fraction of sp³-hybridized carbons (Fsp3) is 0.333. The first kappa shape index (κ1) is 17.2. The lowest BCUT2D eigenvalue weighted by Gasteiger charge is -2.16. The summed E-state index contributed by atoms with van der Waals surface area (Å²) in [7, 11) is -7.49. The van der Waals surface area contributed by atoms with E-state index in [0.717, 1.165) is 12.8 Å². The lowest BCUT2D eigenvalue weighted by Crippen LogP contribution is -2.28. The van der Waals surface area contributed by atoms with Crippen LogP contribution in [-0.2, 0) is 26.6 Å². The molecule has 2 heterocycles. The molecule has 130 valence electrons. The van der Waals surface area contributed by atoms with Gasteiger partial charge in [-0.05, 0) is 43.2 Å². The van der Waals surface area contributed by atoms with Gasteiger partial charge < -0.3 is 4.42 Å². The molecule has 1 N–H and O–H groups in total. The molecule has 0 saturated carbocycles. The fourth-order valence-electron chi connectivity index (χ4n) is 2.54. The second-order valence-electron chi connectivity index (χ2n) is 5.49. The molecule has 0 amide bonds. The van der Waals surface area contributed by atoms with E-state index in [9.17, 15) is 16.8 Å². The molecule has 1 saturated heterocycles. The number of rotatable bonds is 6. The van der Waals surface area contributed by atoms with Crippen molar-refractivity contribution in [2.75, 3.05) is 13.1 Å². The molecule has 0 aliphatic carbocycles. The van der Waals surface area contributed by atoms with E-state index in [1.54, 1.807) is 12.1 Å². The van der Waals surface area contributed by atoms with Crippen LogP contribution in [0.1, 0.15) is 18.6 Å². The zero-order chi connectivity index (χ0) is 17.2. The normalized spacial score (nSPS) is 16.5. The number of sulfonamides is 2. The minimum absolute atomic E-state index is 0.00155. The Morgan fingerprint density at radius 1 is 1.00 bits per heavy atom. The van der Waals surface area contributed by atoms with E-state index in [-0.39, 0.29) is 16.3 Å². The SMILES string of the molecule is O=S(=O)(NCc1ccco1)c1cccc(S(=O)(=O)N2CCCC2)c1. The monoisotopic (exact) mass is 370 g/mol. The van der Waals surface area contributed by atoms with Gasteiger partial charge in [0, 0.05) is 13.1 Å². The highest BCUT2D eigenvalue weighted by Gasteiger charge is 2.28. The molecule has 9 heteroatoms. The summed E-state index contributed by atoms with van der Waals surface area (Å²) in [6.07, 6.45) is 3.09. The van der Waals surface area contributed by atoms with Gasteiger partial charge in [-0.2, -0.15) is 4.31 Å². The van der Waals surface area contributed by atoms with Crippen LogP contribution in [0.3, 0.4) is 0 Å². The number of nitrogens with one attached hydrogen (secondary N) is 1. The molecule has 0 bridgehead atoms. The standard InChI is InChI=1S/C15H18N2O5S2/c18-23(19,16-12-13-5-4-10-22-13)14-6-3-7-15(11-14)24(20,21)17-8-1-2-9-17/h3-7,10-11,16H,1-2,8-9,12H2. The molecule has 1 aliphatic heterocycles. The Morgan fingerprint density at radius 3 is 2.38 bits per heavy atom. The highest BCUT2D eigenvalue weighted by Crippen LogP contribution is 2.23. The third-order valence-corrected chi connectivity index (χ3v) is 7.13. The van der Waals surface area contributed by atoms with E-state index in [1.807, 2.05) is 0 Å². The van der Waals surface area contributed by atoms with Crippen molar-refractivity contribution < 1.29 is 21.3 Å². The third-order valence-electron chi connectivity index (χ3n) is 3.84. The average molecular weight is 370 g/mol. The summed E-state index contributed by atoms with van der Waals surface area (Å²) in [5.74, 6) is 0.472. The lowest BCUT2D eigenvalue weighted by molar-refractivity contribution is 0.477. The van der Waals surface area contributed by atoms with Crippen molar-refractivity contribution in [1.29, 1.82) is 0 Å². The molecule has 2 aromatic rings. The Morgan fingerprint density at radius 2 is 1.71 bits per heavy atom. The summed E-state index contributed by atoms with van der Waals surface area (Å²) in [5, 5.41) is 0. The lowest BCUT2D eigenvalue weighted by atomic mass is 10.4. The molecule has 0 unspecified atom stereocenters. The van der Waals surface area contributed by atoms with E-state index < -0.39 is 20.0 Å². The van der Waals surface area contributed by atoms with Gasteiger partial charge in [0.05, 0.1) is 22.6 Å². The molecular weight excluding hydrogens is 352 g/mol. The molecule has 0 radical (unpaired) electrons. The first-order valence-electron chi connectivity index (χ1n) is 7.52. The van der Waals surface area contributed by atoms with Crippen molar-refractivity contribution in [2.24, 2.45) is 0 Å². The van der Waals surface area contributed by atoms with Gasteiger partial charge in [0.25, 0.3) is 0 Å². The summed E-state index contributed by atoms with van der Waals surface area (Å²) in [4.78, 5) is -0.0976. The van der Waals surface area contributed by atoms with Crippen molar-refractivity contribution in [3.8, 4) is 0 Å². The zero-order valence-corrected chi connectivity index (χ0v) is 14.5. The highest BCUT2D eigenvalue weighted by molar-refractivity contribution is 7.90. The highest BCUT2D eigenvalue weighted by atomic mass is 32.2. The van der Waals surface area contributed by atoms with Gasteiger partial charge in [-0.1, -0.05) is 6.07 Å². The van der Waals surface area contributed by atoms with Crippen LogP contribution in [0.15, 0.2) is 56.9 Å². The van der Waals surface area contributed by atoms with Crippen molar-refractivity contribution >= 4 is 20.0 Å². The number of furan rings is 1. The summed E-state index contributed by atoms with van der Waals surface area (Å²) in [6.45, 7) is 0.935. The molecular formula is C15H18N2O5S2. The molecule has 1 fully saturated rings. The maximum atomic E-state index is 12.6. The van der Waals surface area contributed by atoms with E-state index in [4.69, 9.17) is 4.42 Å². The Labute approximate surface area is 141 Å². The quantitative estimate of drug-likeness (QED) is 0.832. The van der Waals surface area contributed by atoms with Crippen molar-refractivity contribution in [3.05, 3.63) is 48.4 Å². The Hall–Kier alpha value is -1.68. The number of benzene rings is 1. The van der Waals surface area contributed by atoms with Crippen LogP contribution < -0.4 is 4.72 Å². The van der Waals surface area contributed by atoms with Crippen LogP contribution in [0.25, 0.3) is 0 Å². The van der Waals surface area contributed by atoms with Gasteiger partial charge in [-0.25, -0.2) is 21.6 Å². The summed E-state index contributed by atoms with van der Waals surface area (Å²) in [6, 6.07) is 8.72. The van der Waals surface area contributed by atoms with Crippen molar-refractivity contribution in [3.63, 3.8) is 0 Å². The van der Waals surface area contributed by atoms with E-state index in [2.05, 4.69) is 4.72 Å². The molecule has 1 aliphatic rings. The number of hydrogen-bond acceptors (Lipinski definition) is 5. The molecule has 1 aromatic heterocycles. The largest absolute Gasteiger partial charge is 0.468 e. The predicted molar refractivity (Wildman–Crippen MR) is 87.2 cm³/mol. The number of hydrogen-bond donors (Lipinski definition) is 1. The van der Waals surface area contributed by atoms with Crippen LogP contribution in [0.4, 0.5) is 0 Å². The molecule has 3 rings (SSSR count). The van der Waals surface area contributed by atoms with Crippen LogP contribution in [0.2, 0.25) is 0 Å². The fourth-order valence-corrected chi connectivity index (χ4v) is 5.22. The molecule has 7 nitrogen and oxygen atoms in total. The van der Waals surface area contributed by atoms with E-state index in [1.165, 1.54) is 34.8 Å². The predicted octanol–water partition coefficient (Wildman–Crippen LogP) is 1.54. The Kier molecular flexibility index (Phi) is 4.77. The Bertz CT molecular complexity index is 899. The minimum Gasteiger partial charge on any atom is -0.468 e. The zero-order valence-electron chi connectivity index (χ0n) is 12.9. The number of nitrogens with zero attached hydrogens (tertiary/aromatic N) is 1. The van der Waals surface area contributed by atoms with Crippen molar-refractivity contribution in [2.45, 2.75) is 29.2 Å². The van der Waals surface area contributed by atoms with Crippen LogP contribution >= 0.6 is 0 Å². The van der Waals surface area contributed by atoms with Gasteiger partial charge in [-0.3, -0.25) is 0 Å². The van der Waals surface area contributed by atoms with Crippen LogP contribution in [-0.4, -0.2) is 34.2 Å². The maximum Gasteiger partial charge on any atom is 0.243 e. The molecule has 0 atom stereocenters. The van der Waals surface area contributed by atoms with E-state index in [0.29, 0.717) is 18.8 Å². The Balaban J connectivity index is 1.84. The topological polar surface area (TPSA) is 96.7 Å². The summed E-state index contributed by atoms with van der Waals surface area (Å²) >= 11 is 0. The van der Waals surface area contributed by atoms with Gasteiger partial charge in [0.15, 0.2) is 0 Å². The summed E-state index contributed by atoms with van der Waals surface area (Å²) in [5.41, 5.74) is 0. The van der Waals surface area contributed by atoms with Crippen LogP contribution in [0, 0.1) is 0 Å². The summed E-state index contributed by atoms with van der Waals surface area (Å²) < 4.78 is 58.7. The van der Waals surface area contributed by atoms with Crippen molar-refractivity contribution in [1.82, 2.24) is 9.03 Å². The molecule has 0 spiro atoms. The van der Waals surface area contributed by atoms with Gasteiger partial charge in [0.1, 0.15) is 5.76 Å². The molecule has 1 aromatic carbocycles. The van der Waals surface area contributed by atoms with E-state index >= 15 is 0 Å². The van der Waals surface area contributed by atoms with Gasteiger partial charge in [0.2, 0.25) is 20.0 Å². The van der Waals surface area contributed by atoms with Crippen LogP contribution in [0.5, 0.6) is 0 Å². The van der Waals surface area contributed by atoms with Gasteiger partial charge in [-0.15, -0.1) is 0 Å². The maximum absolute atomic E-state index is 12.6. The average Bonchev–Trinajstić information content (AvgIpc) is 3.27. The second-order valence-corrected chi connectivity index (χ2v) is 9.19.